The highest BCUT2D eigenvalue weighted by atomic mass is 32.1. The number of aromatic nitrogens is 2. The van der Waals surface area contributed by atoms with E-state index in [1.807, 2.05) is 18.4 Å². The minimum absolute atomic E-state index is 0.0744. The fraction of sp³-hybridized carbons (Fsp3) is 0.400. The molecule has 2 aromatic heterocycles. The van der Waals surface area contributed by atoms with Crippen LogP contribution in [-0.2, 0) is 11.2 Å². The molecular weight excluding hydrogens is 284 g/mol. The van der Waals surface area contributed by atoms with Gasteiger partial charge in [0.15, 0.2) is 0 Å². The van der Waals surface area contributed by atoms with Crippen LogP contribution in [0.4, 0.5) is 5.69 Å². The molecule has 2 rings (SSSR count). The van der Waals surface area contributed by atoms with Gasteiger partial charge in [0.25, 0.3) is 0 Å². The normalized spacial score (nSPS) is 12.4. The Bertz CT molecular complexity index is 624. The van der Waals surface area contributed by atoms with Gasteiger partial charge in [0.05, 0.1) is 18.2 Å². The Morgan fingerprint density at radius 2 is 2.24 bits per heavy atom. The molecule has 0 radical (unpaired) electrons. The van der Waals surface area contributed by atoms with Crippen LogP contribution >= 0.6 is 11.3 Å². The Kier molecular flexibility index (Phi) is 5.03. The third-order valence-corrected chi connectivity index (χ3v) is 4.09. The average Bonchev–Trinajstić information content (AvgIpc) is 2.85. The van der Waals surface area contributed by atoms with Gasteiger partial charge in [-0.25, -0.2) is 4.98 Å². The van der Waals surface area contributed by atoms with Crippen LogP contribution in [0.1, 0.15) is 36.3 Å². The summed E-state index contributed by atoms with van der Waals surface area (Å²) >= 11 is 1.51. The standard InChI is InChI=1S/C15H20N4OS/c1-9(2)14(16)15-19-12(8-21-15)7-13(20)18-11-4-5-17-10(3)6-11/h4-6,8-9,14H,7,16H2,1-3H3,(H,17,18,20). The molecule has 21 heavy (non-hydrogen) atoms. The number of pyridine rings is 1. The van der Waals surface area contributed by atoms with Gasteiger partial charge in [-0.15, -0.1) is 11.3 Å². The summed E-state index contributed by atoms with van der Waals surface area (Å²) < 4.78 is 0. The van der Waals surface area contributed by atoms with E-state index in [1.54, 1.807) is 12.3 Å². The fourth-order valence-electron chi connectivity index (χ4n) is 1.84. The molecule has 5 nitrogen and oxygen atoms in total. The molecule has 0 aromatic carbocycles. The van der Waals surface area contributed by atoms with Gasteiger partial charge in [-0.2, -0.15) is 0 Å². The van der Waals surface area contributed by atoms with Crippen molar-refractivity contribution in [3.05, 3.63) is 40.1 Å². The molecule has 0 saturated carbocycles. The summed E-state index contributed by atoms with van der Waals surface area (Å²) in [6, 6.07) is 3.53. The van der Waals surface area contributed by atoms with Crippen LogP contribution in [-0.4, -0.2) is 15.9 Å². The molecule has 1 unspecified atom stereocenters. The average molecular weight is 304 g/mol. The predicted molar refractivity (Wildman–Crippen MR) is 85.2 cm³/mol. The van der Waals surface area contributed by atoms with Crippen molar-refractivity contribution >= 4 is 22.9 Å². The highest BCUT2D eigenvalue weighted by molar-refractivity contribution is 7.09. The topological polar surface area (TPSA) is 80.9 Å². The number of amides is 1. The molecule has 3 N–H and O–H groups in total. The second-order valence-corrected chi connectivity index (χ2v) is 6.25. The maximum atomic E-state index is 12.0. The van der Waals surface area contributed by atoms with Crippen LogP contribution in [0.2, 0.25) is 0 Å². The Hall–Kier alpha value is -1.79. The number of rotatable bonds is 5. The second kappa shape index (κ2) is 6.78. The van der Waals surface area contributed by atoms with E-state index in [0.29, 0.717) is 5.92 Å². The number of thiazole rings is 1. The zero-order valence-electron chi connectivity index (χ0n) is 12.5. The molecule has 0 aliphatic heterocycles. The molecule has 1 amide bonds. The zero-order valence-corrected chi connectivity index (χ0v) is 13.3. The third kappa shape index (κ3) is 4.34. The van der Waals surface area contributed by atoms with Gasteiger partial charge >= 0.3 is 0 Å². The summed E-state index contributed by atoms with van der Waals surface area (Å²) in [6.45, 7) is 6.00. The molecular formula is C15H20N4OS. The highest BCUT2D eigenvalue weighted by Gasteiger charge is 2.15. The molecule has 0 saturated heterocycles. The monoisotopic (exact) mass is 304 g/mol. The lowest BCUT2D eigenvalue weighted by Gasteiger charge is -2.11. The second-order valence-electron chi connectivity index (χ2n) is 5.36. The fourth-order valence-corrected chi connectivity index (χ4v) is 2.83. The van der Waals surface area contributed by atoms with E-state index in [4.69, 9.17) is 5.73 Å². The maximum absolute atomic E-state index is 12.0. The molecule has 0 aliphatic carbocycles. The van der Waals surface area contributed by atoms with Crippen LogP contribution in [0.25, 0.3) is 0 Å². The predicted octanol–water partition coefficient (Wildman–Crippen LogP) is 2.68. The summed E-state index contributed by atoms with van der Waals surface area (Å²) in [6.07, 6.45) is 1.93. The molecule has 6 heteroatoms. The van der Waals surface area contributed by atoms with Gasteiger partial charge in [-0.05, 0) is 25.0 Å². The van der Waals surface area contributed by atoms with E-state index in [9.17, 15) is 4.79 Å². The van der Waals surface area contributed by atoms with Gasteiger partial charge in [0.2, 0.25) is 5.91 Å². The Labute approximate surface area is 128 Å². The lowest BCUT2D eigenvalue weighted by Crippen LogP contribution is -2.17. The van der Waals surface area contributed by atoms with Crippen LogP contribution in [0.3, 0.4) is 0 Å². The van der Waals surface area contributed by atoms with E-state index in [1.165, 1.54) is 11.3 Å². The number of nitrogens with one attached hydrogen (secondary N) is 1. The molecule has 0 spiro atoms. The van der Waals surface area contributed by atoms with Crippen LogP contribution in [0.15, 0.2) is 23.7 Å². The first-order chi connectivity index (χ1) is 9.95. The number of nitrogens with zero attached hydrogens (tertiary/aromatic N) is 2. The van der Waals surface area contributed by atoms with Crippen molar-refractivity contribution in [2.75, 3.05) is 5.32 Å². The lowest BCUT2D eigenvalue weighted by molar-refractivity contribution is -0.115. The van der Waals surface area contributed by atoms with E-state index in [2.05, 4.69) is 29.1 Å². The van der Waals surface area contributed by atoms with E-state index < -0.39 is 0 Å². The SMILES string of the molecule is Cc1cc(NC(=O)Cc2csc(C(N)C(C)C)n2)ccn1. The van der Waals surface area contributed by atoms with Gasteiger partial charge < -0.3 is 11.1 Å². The molecule has 2 heterocycles. The molecule has 0 bridgehead atoms. The molecule has 0 fully saturated rings. The number of carbonyl (C=O) groups is 1. The van der Waals surface area contributed by atoms with E-state index in [0.717, 1.165) is 22.1 Å². The van der Waals surface area contributed by atoms with Crippen LogP contribution in [0, 0.1) is 12.8 Å². The first-order valence-corrected chi connectivity index (χ1v) is 7.76. The summed E-state index contributed by atoms with van der Waals surface area (Å²) in [4.78, 5) is 20.6. The van der Waals surface area contributed by atoms with Crippen LogP contribution < -0.4 is 11.1 Å². The van der Waals surface area contributed by atoms with Crippen LogP contribution in [0.5, 0.6) is 0 Å². The van der Waals surface area contributed by atoms with E-state index in [-0.39, 0.29) is 18.4 Å². The molecule has 112 valence electrons. The van der Waals surface area contributed by atoms with Gasteiger partial charge in [-0.3, -0.25) is 9.78 Å². The quantitative estimate of drug-likeness (QED) is 0.890. The lowest BCUT2D eigenvalue weighted by atomic mass is 10.1. The van der Waals surface area contributed by atoms with E-state index >= 15 is 0 Å². The number of aryl methyl sites for hydroxylation is 1. The number of hydrogen-bond acceptors (Lipinski definition) is 5. The number of nitrogens with two attached hydrogens (primary N) is 1. The van der Waals surface area contributed by atoms with Gasteiger partial charge in [0, 0.05) is 23.0 Å². The molecule has 0 aliphatic rings. The Balaban J connectivity index is 1.97. The van der Waals surface area contributed by atoms with Crippen molar-refractivity contribution in [2.45, 2.75) is 33.2 Å². The van der Waals surface area contributed by atoms with Gasteiger partial charge in [0.1, 0.15) is 5.01 Å². The van der Waals surface area contributed by atoms with Gasteiger partial charge in [-0.1, -0.05) is 13.8 Å². The minimum atomic E-state index is -0.0874. The Morgan fingerprint density at radius 1 is 1.48 bits per heavy atom. The number of carbonyl (C=O) groups excluding carboxylic acids is 1. The summed E-state index contributed by atoms with van der Waals surface area (Å²) in [5, 5.41) is 5.63. The number of hydrogen-bond donors (Lipinski definition) is 2. The maximum Gasteiger partial charge on any atom is 0.230 e. The highest BCUT2D eigenvalue weighted by Crippen LogP contribution is 2.22. The van der Waals surface area contributed by atoms with Crippen molar-refractivity contribution in [3.63, 3.8) is 0 Å². The van der Waals surface area contributed by atoms with Crippen molar-refractivity contribution in [2.24, 2.45) is 11.7 Å². The summed E-state index contributed by atoms with van der Waals surface area (Å²) in [5.41, 5.74) is 8.44. The zero-order chi connectivity index (χ0) is 15.4. The van der Waals surface area contributed by atoms with Crippen molar-refractivity contribution < 1.29 is 4.79 Å². The largest absolute Gasteiger partial charge is 0.326 e. The first kappa shape index (κ1) is 15.6. The smallest absolute Gasteiger partial charge is 0.230 e. The summed E-state index contributed by atoms with van der Waals surface area (Å²) in [5.74, 6) is 0.244. The van der Waals surface area contributed by atoms with Crippen molar-refractivity contribution in [1.29, 1.82) is 0 Å². The third-order valence-electron chi connectivity index (χ3n) is 3.09. The number of anilines is 1. The van der Waals surface area contributed by atoms with Crippen molar-refractivity contribution in [3.8, 4) is 0 Å². The molecule has 2 aromatic rings. The first-order valence-electron chi connectivity index (χ1n) is 6.88. The Morgan fingerprint density at radius 3 is 2.90 bits per heavy atom. The molecule has 1 atom stereocenters. The minimum Gasteiger partial charge on any atom is -0.326 e. The van der Waals surface area contributed by atoms with Crippen molar-refractivity contribution in [1.82, 2.24) is 9.97 Å². The summed E-state index contributed by atoms with van der Waals surface area (Å²) in [7, 11) is 0.